The third kappa shape index (κ3) is 4.42. The number of carbonyl (C=O) groups excluding carboxylic acids is 3. The van der Waals surface area contributed by atoms with Crippen molar-refractivity contribution in [3.8, 4) is 0 Å². The summed E-state index contributed by atoms with van der Waals surface area (Å²) in [7, 11) is 0. The van der Waals surface area contributed by atoms with Gasteiger partial charge in [0.15, 0.2) is 0 Å². The van der Waals surface area contributed by atoms with Gasteiger partial charge in [-0.25, -0.2) is 0 Å². The predicted molar refractivity (Wildman–Crippen MR) is 117 cm³/mol. The number of pyridine rings is 1. The molecule has 0 spiro atoms. The average molecular weight is 442 g/mol. The molecule has 4 rings (SSSR count). The van der Waals surface area contributed by atoms with Crippen molar-refractivity contribution in [1.82, 2.24) is 14.8 Å². The molecular formula is C22H20ClN3O3S. The van der Waals surface area contributed by atoms with E-state index >= 15 is 0 Å². The van der Waals surface area contributed by atoms with Gasteiger partial charge in [0.05, 0.1) is 10.9 Å². The number of imide groups is 1. The van der Waals surface area contributed by atoms with Crippen molar-refractivity contribution >= 4 is 46.5 Å². The summed E-state index contributed by atoms with van der Waals surface area (Å²) in [5, 5.41) is 0.112. The molecule has 2 aliphatic rings. The van der Waals surface area contributed by atoms with Gasteiger partial charge in [-0.2, -0.15) is 0 Å². The Hall–Kier alpha value is -2.64. The van der Waals surface area contributed by atoms with Gasteiger partial charge in [0.2, 0.25) is 5.91 Å². The quantitative estimate of drug-likeness (QED) is 0.652. The number of likely N-dealkylation sites (tertiary alicyclic amines) is 1. The van der Waals surface area contributed by atoms with E-state index in [2.05, 4.69) is 4.98 Å². The van der Waals surface area contributed by atoms with E-state index in [1.54, 1.807) is 47.6 Å². The fourth-order valence-corrected chi connectivity index (χ4v) is 4.80. The fourth-order valence-electron chi connectivity index (χ4n) is 3.76. The monoisotopic (exact) mass is 441 g/mol. The molecule has 2 fully saturated rings. The Bertz CT molecular complexity index is 1010. The smallest absolute Gasteiger partial charge is 0.294 e. The minimum absolute atomic E-state index is 0.0816. The standard InChI is InChI=1S/C22H20ClN3O3S/c23-17-7-3-5-15(11-17)12-19-21(28)26(22(29)30-19)14-20(27)25-10-2-1-8-18(25)16-6-4-9-24-13-16/h3-7,9,11-13,18H,1-2,8,10,14H2/b19-12-/t18-/m1/s1. The summed E-state index contributed by atoms with van der Waals surface area (Å²) < 4.78 is 0. The van der Waals surface area contributed by atoms with Gasteiger partial charge < -0.3 is 4.90 Å². The Kier molecular flexibility index (Phi) is 6.20. The van der Waals surface area contributed by atoms with E-state index in [1.807, 2.05) is 12.1 Å². The van der Waals surface area contributed by atoms with Gasteiger partial charge in [0.25, 0.3) is 11.1 Å². The molecule has 1 aromatic carbocycles. The van der Waals surface area contributed by atoms with E-state index in [4.69, 9.17) is 11.6 Å². The molecule has 0 N–H and O–H groups in total. The van der Waals surface area contributed by atoms with Crippen LogP contribution in [-0.2, 0) is 9.59 Å². The number of carbonyl (C=O) groups is 3. The van der Waals surface area contributed by atoms with Crippen LogP contribution in [-0.4, -0.2) is 44.9 Å². The lowest BCUT2D eigenvalue weighted by Crippen LogP contribution is -2.45. The van der Waals surface area contributed by atoms with Crippen molar-refractivity contribution in [3.63, 3.8) is 0 Å². The zero-order valence-corrected chi connectivity index (χ0v) is 17.7. The number of thioether (sulfide) groups is 1. The van der Waals surface area contributed by atoms with Crippen LogP contribution in [0.5, 0.6) is 0 Å². The summed E-state index contributed by atoms with van der Waals surface area (Å²) in [5.74, 6) is -0.678. The molecule has 0 saturated carbocycles. The summed E-state index contributed by atoms with van der Waals surface area (Å²) in [5.41, 5.74) is 1.70. The Morgan fingerprint density at radius 2 is 2.10 bits per heavy atom. The first kappa shape index (κ1) is 20.6. The van der Waals surface area contributed by atoms with Gasteiger partial charge in [0.1, 0.15) is 6.54 Å². The van der Waals surface area contributed by atoms with Crippen LogP contribution in [0.3, 0.4) is 0 Å². The van der Waals surface area contributed by atoms with Crippen molar-refractivity contribution in [1.29, 1.82) is 0 Å². The van der Waals surface area contributed by atoms with Crippen molar-refractivity contribution in [2.45, 2.75) is 25.3 Å². The number of nitrogens with zero attached hydrogens (tertiary/aromatic N) is 3. The zero-order chi connectivity index (χ0) is 21.1. The number of benzene rings is 1. The number of piperidine rings is 1. The molecule has 1 atom stereocenters. The van der Waals surface area contributed by atoms with E-state index in [0.717, 1.165) is 47.1 Å². The number of hydrogen-bond acceptors (Lipinski definition) is 5. The molecule has 2 aliphatic heterocycles. The maximum Gasteiger partial charge on any atom is 0.294 e. The van der Waals surface area contributed by atoms with Gasteiger partial charge in [-0.3, -0.25) is 24.3 Å². The fraction of sp³-hybridized carbons (Fsp3) is 0.273. The lowest BCUT2D eigenvalue weighted by Gasteiger charge is -2.36. The largest absolute Gasteiger partial charge is 0.334 e. The molecule has 1 aromatic heterocycles. The average Bonchev–Trinajstić information content (AvgIpc) is 3.01. The Morgan fingerprint density at radius 3 is 2.87 bits per heavy atom. The first-order valence-electron chi connectivity index (χ1n) is 9.73. The molecule has 3 heterocycles. The van der Waals surface area contributed by atoms with Gasteiger partial charge in [-0.05, 0) is 66.4 Å². The van der Waals surface area contributed by atoms with Crippen LogP contribution < -0.4 is 0 Å². The molecular weight excluding hydrogens is 422 g/mol. The molecule has 0 unspecified atom stereocenters. The summed E-state index contributed by atoms with van der Waals surface area (Å²) in [6.45, 7) is 0.348. The molecule has 3 amide bonds. The van der Waals surface area contributed by atoms with Crippen LogP contribution in [0.2, 0.25) is 5.02 Å². The number of aromatic nitrogens is 1. The molecule has 6 nitrogen and oxygen atoms in total. The maximum atomic E-state index is 13.1. The van der Waals surface area contributed by atoms with Crippen LogP contribution in [0.15, 0.2) is 53.7 Å². The molecule has 0 bridgehead atoms. The van der Waals surface area contributed by atoms with E-state index in [0.29, 0.717) is 11.6 Å². The van der Waals surface area contributed by atoms with E-state index < -0.39 is 11.1 Å². The number of halogens is 1. The minimum atomic E-state index is -0.451. The van der Waals surface area contributed by atoms with Crippen molar-refractivity contribution in [3.05, 3.63) is 69.8 Å². The second-order valence-electron chi connectivity index (χ2n) is 7.21. The highest BCUT2D eigenvalue weighted by Gasteiger charge is 2.38. The predicted octanol–water partition coefficient (Wildman–Crippen LogP) is 4.53. The number of hydrogen-bond donors (Lipinski definition) is 0. The van der Waals surface area contributed by atoms with Gasteiger partial charge in [0, 0.05) is 24.0 Å². The lowest BCUT2D eigenvalue weighted by atomic mass is 9.96. The Morgan fingerprint density at radius 1 is 1.23 bits per heavy atom. The summed E-state index contributed by atoms with van der Waals surface area (Å²) >= 11 is 6.83. The van der Waals surface area contributed by atoms with E-state index in [1.165, 1.54) is 0 Å². The molecule has 8 heteroatoms. The van der Waals surface area contributed by atoms with Gasteiger partial charge in [-0.1, -0.05) is 29.8 Å². The van der Waals surface area contributed by atoms with Gasteiger partial charge >= 0.3 is 0 Å². The highest BCUT2D eigenvalue weighted by atomic mass is 35.5. The summed E-state index contributed by atoms with van der Waals surface area (Å²) in [6, 6.07) is 10.8. The zero-order valence-electron chi connectivity index (χ0n) is 16.2. The minimum Gasteiger partial charge on any atom is -0.334 e. The van der Waals surface area contributed by atoms with E-state index in [9.17, 15) is 14.4 Å². The second-order valence-corrected chi connectivity index (χ2v) is 8.64. The molecule has 2 aromatic rings. The number of amides is 3. The summed E-state index contributed by atoms with van der Waals surface area (Å²) in [6.07, 6.45) is 7.86. The van der Waals surface area contributed by atoms with Crippen LogP contribution in [0, 0.1) is 0 Å². The van der Waals surface area contributed by atoms with Crippen LogP contribution in [0.1, 0.15) is 36.4 Å². The van der Waals surface area contributed by atoms with Gasteiger partial charge in [-0.15, -0.1) is 0 Å². The SMILES string of the molecule is O=C1S/C(=C\c2cccc(Cl)c2)C(=O)N1CC(=O)N1CCCC[C@@H]1c1cccnc1. The number of rotatable bonds is 4. The first-order chi connectivity index (χ1) is 14.5. The van der Waals surface area contributed by atoms with Crippen molar-refractivity contribution in [2.75, 3.05) is 13.1 Å². The normalized spacial score (nSPS) is 20.8. The van der Waals surface area contributed by atoms with Crippen LogP contribution in [0.25, 0.3) is 6.08 Å². The third-order valence-electron chi connectivity index (χ3n) is 5.21. The second kappa shape index (κ2) is 9.02. The highest BCUT2D eigenvalue weighted by molar-refractivity contribution is 8.18. The molecule has 0 aliphatic carbocycles. The molecule has 0 radical (unpaired) electrons. The first-order valence-corrected chi connectivity index (χ1v) is 10.9. The summed E-state index contributed by atoms with van der Waals surface area (Å²) in [4.78, 5) is 45.5. The van der Waals surface area contributed by atoms with Crippen LogP contribution in [0.4, 0.5) is 4.79 Å². The van der Waals surface area contributed by atoms with E-state index in [-0.39, 0.29) is 23.4 Å². The molecule has 30 heavy (non-hydrogen) atoms. The topological polar surface area (TPSA) is 70.6 Å². The Labute approximate surface area is 183 Å². The van der Waals surface area contributed by atoms with Crippen LogP contribution >= 0.6 is 23.4 Å². The van der Waals surface area contributed by atoms with Crippen molar-refractivity contribution in [2.24, 2.45) is 0 Å². The third-order valence-corrected chi connectivity index (χ3v) is 6.35. The Balaban J connectivity index is 1.49. The maximum absolute atomic E-state index is 13.1. The van der Waals surface area contributed by atoms with Crippen molar-refractivity contribution < 1.29 is 14.4 Å². The molecule has 2 saturated heterocycles. The lowest BCUT2D eigenvalue weighted by molar-refractivity contribution is -0.138. The molecule has 154 valence electrons. The highest BCUT2D eigenvalue weighted by Crippen LogP contribution is 2.34.